The molecule has 2 rings (SSSR count). The minimum Gasteiger partial charge on any atom is -0.445 e. The van der Waals surface area contributed by atoms with Gasteiger partial charge in [-0.05, 0) is 17.9 Å². The Balaban J connectivity index is 1.84. The Labute approximate surface area is 120 Å². The first-order valence-corrected chi connectivity index (χ1v) is 7.31. The Bertz CT molecular complexity index is 421. The van der Waals surface area contributed by atoms with E-state index in [9.17, 15) is 9.90 Å². The first kappa shape index (κ1) is 14.9. The number of carbonyl (C=O) groups is 1. The van der Waals surface area contributed by atoms with Crippen LogP contribution in [0.3, 0.4) is 0 Å². The number of ether oxygens (including phenoxy) is 1. The maximum Gasteiger partial charge on any atom is 0.410 e. The highest BCUT2D eigenvalue weighted by molar-refractivity contribution is 5.68. The quantitative estimate of drug-likeness (QED) is 0.900. The number of benzene rings is 1. The zero-order valence-electron chi connectivity index (χ0n) is 12.0. The molecule has 1 saturated heterocycles. The molecule has 1 aromatic rings. The van der Waals surface area contributed by atoms with Crippen LogP contribution in [0.25, 0.3) is 0 Å². The van der Waals surface area contributed by atoms with Crippen molar-refractivity contribution >= 4 is 6.09 Å². The summed E-state index contributed by atoms with van der Waals surface area (Å²) < 4.78 is 5.34. The number of aliphatic hydroxyl groups excluding tert-OH is 1. The average molecular weight is 277 g/mol. The second kappa shape index (κ2) is 7.29. The molecule has 1 fully saturated rings. The first-order chi connectivity index (χ1) is 9.74. The summed E-state index contributed by atoms with van der Waals surface area (Å²) in [4.78, 5) is 13.8. The molecule has 0 radical (unpaired) electrons. The monoisotopic (exact) mass is 277 g/mol. The fourth-order valence-corrected chi connectivity index (χ4v) is 2.80. The van der Waals surface area contributed by atoms with Gasteiger partial charge in [0.05, 0.1) is 0 Å². The molecule has 2 atom stereocenters. The van der Waals surface area contributed by atoms with Crippen LogP contribution in [0.15, 0.2) is 30.3 Å². The van der Waals surface area contributed by atoms with Crippen molar-refractivity contribution in [3.8, 4) is 0 Å². The summed E-state index contributed by atoms with van der Waals surface area (Å²) in [6, 6.07) is 9.67. The van der Waals surface area contributed by atoms with Crippen LogP contribution in [0.5, 0.6) is 0 Å². The van der Waals surface area contributed by atoms with Gasteiger partial charge in [0.15, 0.2) is 0 Å². The molecule has 4 nitrogen and oxygen atoms in total. The Morgan fingerprint density at radius 2 is 2.00 bits per heavy atom. The van der Waals surface area contributed by atoms with Crippen LogP contribution < -0.4 is 0 Å². The predicted molar refractivity (Wildman–Crippen MR) is 77.2 cm³/mol. The van der Waals surface area contributed by atoms with Gasteiger partial charge in [0.25, 0.3) is 0 Å². The van der Waals surface area contributed by atoms with Crippen LogP contribution in [0.1, 0.15) is 25.3 Å². The third-order valence-corrected chi connectivity index (χ3v) is 3.93. The lowest BCUT2D eigenvalue weighted by molar-refractivity contribution is 0.101. The van der Waals surface area contributed by atoms with Crippen molar-refractivity contribution in [2.75, 3.05) is 19.7 Å². The maximum absolute atomic E-state index is 12.1. The Morgan fingerprint density at radius 1 is 1.30 bits per heavy atom. The molecule has 0 aliphatic carbocycles. The molecule has 1 aliphatic rings. The summed E-state index contributed by atoms with van der Waals surface area (Å²) in [5.41, 5.74) is 0.990. The highest BCUT2D eigenvalue weighted by atomic mass is 16.6. The van der Waals surface area contributed by atoms with E-state index in [4.69, 9.17) is 4.74 Å². The fraction of sp³-hybridized carbons (Fsp3) is 0.562. The minimum absolute atomic E-state index is 0.146. The van der Waals surface area contributed by atoms with Crippen molar-refractivity contribution in [3.05, 3.63) is 35.9 Å². The van der Waals surface area contributed by atoms with Gasteiger partial charge in [-0.2, -0.15) is 0 Å². The van der Waals surface area contributed by atoms with Crippen LogP contribution in [-0.2, 0) is 11.3 Å². The van der Waals surface area contributed by atoms with E-state index in [1.165, 1.54) is 0 Å². The summed E-state index contributed by atoms with van der Waals surface area (Å²) in [6.07, 6.45) is 1.85. The zero-order chi connectivity index (χ0) is 14.4. The molecule has 0 aromatic heterocycles. The minimum atomic E-state index is -0.272. The number of rotatable bonds is 5. The number of hydrogen-bond donors (Lipinski definition) is 1. The topological polar surface area (TPSA) is 49.8 Å². The predicted octanol–water partition coefficient (Wildman–Crippen LogP) is 2.66. The van der Waals surface area contributed by atoms with Crippen molar-refractivity contribution < 1.29 is 14.6 Å². The van der Waals surface area contributed by atoms with Gasteiger partial charge in [-0.15, -0.1) is 0 Å². The lowest BCUT2D eigenvalue weighted by atomic mass is 9.93. The molecule has 1 aromatic carbocycles. The summed E-state index contributed by atoms with van der Waals surface area (Å²) in [5.74, 6) is 0.591. The van der Waals surface area contributed by atoms with E-state index in [-0.39, 0.29) is 18.6 Å². The van der Waals surface area contributed by atoms with Crippen LogP contribution in [-0.4, -0.2) is 35.8 Å². The van der Waals surface area contributed by atoms with Gasteiger partial charge in [0, 0.05) is 25.6 Å². The normalized spacial score (nSPS) is 22.0. The van der Waals surface area contributed by atoms with E-state index in [1.54, 1.807) is 4.90 Å². The molecule has 20 heavy (non-hydrogen) atoms. The number of amides is 1. The van der Waals surface area contributed by atoms with E-state index in [2.05, 4.69) is 6.92 Å². The summed E-state index contributed by atoms with van der Waals surface area (Å²) in [5, 5.41) is 9.39. The third kappa shape index (κ3) is 3.73. The molecule has 4 heteroatoms. The molecule has 1 heterocycles. The lowest BCUT2D eigenvalue weighted by Gasteiger charge is -2.16. The fourth-order valence-electron chi connectivity index (χ4n) is 2.80. The Kier molecular flexibility index (Phi) is 5.41. The van der Waals surface area contributed by atoms with E-state index < -0.39 is 0 Å². The highest BCUT2D eigenvalue weighted by Crippen LogP contribution is 2.27. The van der Waals surface area contributed by atoms with Crippen molar-refractivity contribution in [2.45, 2.75) is 26.4 Å². The van der Waals surface area contributed by atoms with Crippen LogP contribution >= 0.6 is 0 Å². The van der Waals surface area contributed by atoms with Gasteiger partial charge < -0.3 is 14.7 Å². The molecule has 0 saturated carbocycles. The van der Waals surface area contributed by atoms with Crippen LogP contribution in [0.2, 0.25) is 0 Å². The molecule has 0 spiro atoms. The summed E-state index contributed by atoms with van der Waals surface area (Å²) in [7, 11) is 0. The number of hydrogen-bond acceptors (Lipinski definition) is 3. The summed E-state index contributed by atoms with van der Waals surface area (Å²) in [6.45, 7) is 3.89. The molecule has 110 valence electrons. The van der Waals surface area contributed by atoms with E-state index in [1.807, 2.05) is 30.3 Å². The van der Waals surface area contributed by atoms with Gasteiger partial charge >= 0.3 is 6.09 Å². The largest absolute Gasteiger partial charge is 0.445 e. The zero-order valence-corrected chi connectivity index (χ0v) is 12.0. The van der Waals surface area contributed by atoms with Gasteiger partial charge in [-0.1, -0.05) is 43.7 Å². The number of likely N-dealkylation sites (tertiary alicyclic amines) is 1. The van der Waals surface area contributed by atoms with Crippen molar-refractivity contribution in [3.63, 3.8) is 0 Å². The molecule has 0 bridgehead atoms. The smallest absolute Gasteiger partial charge is 0.410 e. The number of nitrogens with zero attached hydrogens (tertiary/aromatic N) is 1. The van der Waals surface area contributed by atoms with Gasteiger partial charge in [-0.3, -0.25) is 0 Å². The van der Waals surface area contributed by atoms with Crippen LogP contribution in [0, 0.1) is 11.8 Å². The van der Waals surface area contributed by atoms with Gasteiger partial charge in [0.1, 0.15) is 6.61 Å². The van der Waals surface area contributed by atoms with Gasteiger partial charge in [-0.25, -0.2) is 4.79 Å². The van der Waals surface area contributed by atoms with Crippen molar-refractivity contribution in [1.29, 1.82) is 0 Å². The Hall–Kier alpha value is -1.55. The molecular formula is C16H23NO3. The van der Waals surface area contributed by atoms with Crippen molar-refractivity contribution in [2.24, 2.45) is 11.8 Å². The van der Waals surface area contributed by atoms with E-state index >= 15 is 0 Å². The number of aliphatic hydroxyl groups is 1. The second-order valence-electron chi connectivity index (χ2n) is 5.44. The number of carbonyl (C=O) groups excluding carboxylic acids is 1. The van der Waals surface area contributed by atoms with E-state index in [0.29, 0.717) is 25.6 Å². The standard InChI is InChI=1S/C16H23NO3/c1-2-6-14-9-17(10-15(14)11-18)16(19)20-12-13-7-4-3-5-8-13/h3-5,7-8,14-15,18H,2,6,9-12H2,1H3/t14-,15+/m1/s1. The van der Waals surface area contributed by atoms with Crippen LogP contribution in [0.4, 0.5) is 4.79 Å². The highest BCUT2D eigenvalue weighted by Gasteiger charge is 2.34. The summed E-state index contributed by atoms with van der Waals surface area (Å²) >= 11 is 0. The van der Waals surface area contributed by atoms with E-state index in [0.717, 1.165) is 18.4 Å². The van der Waals surface area contributed by atoms with Crippen molar-refractivity contribution in [1.82, 2.24) is 4.90 Å². The molecule has 1 amide bonds. The average Bonchev–Trinajstić information content (AvgIpc) is 2.89. The Morgan fingerprint density at radius 3 is 2.65 bits per heavy atom. The second-order valence-corrected chi connectivity index (χ2v) is 5.44. The molecule has 0 unspecified atom stereocenters. The lowest BCUT2D eigenvalue weighted by Crippen LogP contribution is -2.29. The third-order valence-electron chi connectivity index (χ3n) is 3.93. The molecular weight excluding hydrogens is 254 g/mol. The maximum atomic E-state index is 12.1. The molecule has 1 N–H and O–H groups in total. The SMILES string of the molecule is CCC[C@@H]1CN(C(=O)OCc2ccccc2)C[C@H]1CO. The van der Waals surface area contributed by atoms with Gasteiger partial charge in [0.2, 0.25) is 0 Å². The first-order valence-electron chi connectivity index (χ1n) is 7.31. The molecule has 1 aliphatic heterocycles.